The number of aliphatic hydroxyl groups is 1. The standard InChI is InChI=1S/C8H18N2O4S/c1-2-8(7-11,15(12,13)14)10-5-3-9-4-6-10/h9,11H,2-7H2,1H3,(H,12,13,14). The summed E-state index contributed by atoms with van der Waals surface area (Å²) in [4.78, 5) is 0.0912. The smallest absolute Gasteiger partial charge is 0.286 e. The van der Waals surface area contributed by atoms with E-state index in [-0.39, 0.29) is 6.42 Å². The first-order valence-corrected chi connectivity index (χ1v) is 6.45. The van der Waals surface area contributed by atoms with Gasteiger partial charge in [-0.1, -0.05) is 6.92 Å². The van der Waals surface area contributed by atoms with Crippen LogP contribution in [-0.2, 0) is 10.1 Å². The van der Waals surface area contributed by atoms with Crippen LogP contribution in [-0.4, -0.2) is 60.6 Å². The lowest BCUT2D eigenvalue weighted by Gasteiger charge is -2.41. The van der Waals surface area contributed by atoms with Gasteiger partial charge in [0.05, 0.1) is 6.61 Å². The highest BCUT2D eigenvalue weighted by Gasteiger charge is 2.46. The third kappa shape index (κ3) is 2.31. The van der Waals surface area contributed by atoms with Crippen LogP contribution in [0.3, 0.4) is 0 Å². The molecule has 0 saturated carbocycles. The van der Waals surface area contributed by atoms with Gasteiger partial charge in [-0.3, -0.25) is 9.45 Å². The molecule has 0 aromatic rings. The van der Waals surface area contributed by atoms with Crippen molar-refractivity contribution in [3.8, 4) is 0 Å². The number of piperazine rings is 1. The molecule has 1 saturated heterocycles. The van der Waals surface area contributed by atoms with Gasteiger partial charge in [0, 0.05) is 26.2 Å². The van der Waals surface area contributed by atoms with Crippen molar-refractivity contribution in [2.45, 2.75) is 18.2 Å². The maximum Gasteiger partial charge on any atom is 0.286 e. The molecule has 15 heavy (non-hydrogen) atoms. The second-order valence-electron chi connectivity index (χ2n) is 3.67. The molecule has 1 heterocycles. The molecule has 0 bridgehead atoms. The molecule has 0 aliphatic carbocycles. The predicted octanol–water partition coefficient (Wildman–Crippen LogP) is -1.12. The van der Waals surface area contributed by atoms with Gasteiger partial charge in [-0.15, -0.1) is 0 Å². The number of nitrogens with one attached hydrogen (secondary N) is 1. The van der Waals surface area contributed by atoms with Crippen molar-refractivity contribution in [3.05, 3.63) is 0 Å². The summed E-state index contributed by atoms with van der Waals surface area (Å²) in [6, 6.07) is 0. The SMILES string of the molecule is CCC(CO)(N1CCNCC1)S(=O)(=O)O. The third-order valence-electron chi connectivity index (χ3n) is 2.97. The topological polar surface area (TPSA) is 89.9 Å². The third-order valence-corrected chi connectivity index (χ3v) is 4.61. The summed E-state index contributed by atoms with van der Waals surface area (Å²) >= 11 is 0. The number of hydrogen-bond donors (Lipinski definition) is 3. The summed E-state index contributed by atoms with van der Waals surface area (Å²) < 4.78 is 31.9. The summed E-state index contributed by atoms with van der Waals surface area (Å²) in [5.41, 5.74) is 0. The van der Waals surface area contributed by atoms with Crippen LogP contribution in [0.5, 0.6) is 0 Å². The fourth-order valence-corrected chi connectivity index (χ4v) is 2.97. The highest BCUT2D eigenvalue weighted by atomic mass is 32.2. The summed E-state index contributed by atoms with van der Waals surface area (Å²) in [5, 5.41) is 12.3. The summed E-state index contributed by atoms with van der Waals surface area (Å²) in [7, 11) is -4.28. The molecule has 3 N–H and O–H groups in total. The monoisotopic (exact) mass is 238 g/mol. The highest BCUT2D eigenvalue weighted by Crippen LogP contribution is 2.25. The molecule has 0 spiro atoms. The van der Waals surface area contributed by atoms with Crippen LogP contribution in [0.1, 0.15) is 13.3 Å². The van der Waals surface area contributed by atoms with E-state index in [2.05, 4.69) is 5.32 Å². The molecule has 0 amide bonds. The van der Waals surface area contributed by atoms with E-state index in [1.54, 1.807) is 11.8 Å². The number of aliphatic hydroxyl groups excluding tert-OH is 1. The Hall–Kier alpha value is -0.210. The Morgan fingerprint density at radius 3 is 2.27 bits per heavy atom. The molecule has 1 fully saturated rings. The zero-order chi connectivity index (χ0) is 11.5. The van der Waals surface area contributed by atoms with E-state index >= 15 is 0 Å². The Kier molecular flexibility index (Phi) is 4.07. The normalized spacial score (nSPS) is 23.7. The van der Waals surface area contributed by atoms with Crippen LogP contribution in [0, 0.1) is 0 Å². The van der Waals surface area contributed by atoms with Crippen molar-refractivity contribution in [1.82, 2.24) is 10.2 Å². The van der Waals surface area contributed by atoms with E-state index in [4.69, 9.17) is 0 Å². The number of rotatable bonds is 4. The van der Waals surface area contributed by atoms with Gasteiger partial charge >= 0.3 is 0 Å². The van der Waals surface area contributed by atoms with Crippen molar-refractivity contribution in [2.24, 2.45) is 0 Å². The maximum absolute atomic E-state index is 11.3. The first-order valence-electron chi connectivity index (χ1n) is 5.01. The quantitative estimate of drug-likeness (QED) is 0.537. The van der Waals surface area contributed by atoms with Gasteiger partial charge in [0.2, 0.25) is 0 Å². The highest BCUT2D eigenvalue weighted by molar-refractivity contribution is 7.87. The van der Waals surface area contributed by atoms with Gasteiger partial charge in [-0.25, -0.2) is 0 Å². The molecule has 1 atom stereocenters. The van der Waals surface area contributed by atoms with Crippen LogP contribution in [0.2, 0.25) is 0 Å². The van der Waals surface area contributed by atoms with Crippen LogP contribution >= 0.6 is 0 Å². The van der Waals surface area contributed by atoms with Gasteiger partial charge < -0.3 is 10.4 Å². The Bertz CT molecular complexity index is 294. The van der Waals surface area contributed by atoms with Crippen LogP contribution in [0.15, 0.2) is 0 Å². The maximum atomic E-state index is 11.3. The zero-order valence-electron chi connectivity index (χ0n) is 8.81. The van der Waals surface area contributed by atoms with E-state index in [0.29, 0.717) is 26.2 Å². The first-order chi connectivity index (χ1) is 6.98. The van der Waals surface area contributed by atoms with Gasteiger partial charge in [-0.2, -0.15) is 8.42 Å². The molecule has 6 nitrogen and oxygen atoms in total. The zero-order valence-corrected chi connectivity index (χ0v) is 9.63. The van der Waals surface area contributed by atoms with E-state index in [1.807, 2.05) is 0 Å². The van der Waals surface area contributed by atoms with Gasteiger partial charge in [0.15, 0.2) is 4.87 Å². The van der Waals surface area contributed by atoms with Crippen molar-refractivity contribution in [3.63, 3.8) is 0 Å². The molecule has 1 unspecified atom stereocenters. The molecular weight excluding hydrogens is 220 g/mol. The first kappa shape index (κ1) is 12.9. The molecule has 0 aromatic carbocycles. The van der Waals surface area contributed by atoms with E-state index in [1.165, 1.54) is 0 Å². The van der Waals surface area contributed by atoms with Gasteiger partial charge in [0.25, 0.3) is 10.1 Å². The Balaban J connectivity index is 2.98. The fraction of sp³-hybridized carbons (Fsp3) is 1.00. The minimum absolute atomic E-state index is 0.169. The molecule has 90 valence electrons. The van der Waals surface area contributed by atoms with E-state index in [0.717, 1.165) is 0 Å². The summed E-state index contributed by atoms with van der Waals surface area (Å²) in [5.74, 6) is 0. The Morgan fingerprint density at radius 2 is 1.93 bits per heavy atom. The Labute approximate surface area is 90.0 Å². The molecular formula is C8H18N2O4S. The lowest BCUT2D eigenvalue weighted by atomic mass is 10.1. The van der Waals surface area contributed by atoms with E-state index in [9.17, 15) is 18.1 Å². The minimum Gasteiger partial charge on any atom is -0.393 e. The van der Waals surface area contributed by atoms with Crippen molar-refractivity contribution >= 4 is 10.1 Å². The van der Waals surface area contributed by atoms with Crippen LogP contribution in [0.25, 0.3) is 0 Å². The molecule has 7 heteroatoms. The summed E-state index contributed by atoms with van der Waals surface area (Å²) in [6.45, 7) is 3.41. The number of nitrogens with zero attached hydrogens (tertiary/aromatic N) is 1. The van der Waals surface area contributed by atoms with Gasteiger partial charge in [0.1, 0.15) is 0 Å². The minimum atomic E-state index is -4.28. The average molecular weight is 238 g/mol. The summed E-state index contributed by atoms with van der Waals surface area (Å²) in [6.07, 6.45) is 0.169. The largest absolute Gasteiger partial charge is 0.393 e. The molecule has 0 aromatic heterocycles. The van der Waals surface area contributed by atoms with Crippen LogP contribution < -0.4 is 5.32 Å². The second kappa shape index (κ2) is 4.75. The molecule has 1 aliphatic heterocycles. The van der Waals surface area contributed by atoms with Gasteiger partial charge in [-0.05, 0) is 6.42 Å². The van der Waals surface area contributed by atoms with Crippen molar-refractivity contribution in [1.29, 1.82) is 0 Å². The van der Waals surface area contributed by atoms with Crippen LogP contribution in [0.4, 0.5) is 0 Å². The van der Waals surface area contributed by atoms with Crippen molar-refractivity contribution < 1.29 is 18.1 Å². The molecule has 1 aliphatic rings. The van der Waals surface area contributed by atoms with Crippen molar-refractivity contribution in [2.75, 3.05) is 32.8 Å². The molecule has 0 radical (unpaired) electrons. The average Bonchev–Trinajstić information content (AvgIpc) is 2.20. The predicted molar refractivity (Wildman–Crippen MR) is 56.1 cm³/mol. The number of hydrogen-bond acceptors (Lipinski definition) is 5. The second-order valence-corrected chi connectivity index (χ2v) is 5.38. The fourth-order valence-electron chi connectivity index (χ4n) is 1.93. The lowest BCUT2D eigenvalue weighted by Crippen LogP contribution is -2.61. The van der Waals surface area contributed by atoms with E-state index < -0.39 is 21.6 Å². The lowest BCUT2D eigenvalue weighted by molar-refractivity contribution is 0.0692. The Morgan fingerprint density at radius 1 is 1.40 bits per heavy atom. The molecule has 1 rings (SSSR count).